The van der Waals surface area contributed by atoms with E-state index in [2.05, 4.69) is 6.07 Å². The van der Waals surface area contributed by atoms with E-state index >= 15 is 0 Å². The number of carbonyl (C=O) groups is 1. The Morgan fingerprint density at radius 2 is 1.97 bits per heavy atom. The smallest absolute Gasteiger partial charge is 0.338 e. The lowest BCUT2D eigenvalue weighted by atomic mass is 9.82. The number of esters is 1. The first-order valence-corrected chi connectivity index (χ1v) is 9.80. The highest BCUT2D eigenvalue weighted by atomic mass is 16.5. The van der Waals surface area contributed by atoms with Crippen LogP contribution in [-0.4, -0.2) is 19.7 Å². The van der Waals surface area contributed by atoms with Gasteiger partial charge in [0.2, 0.25) is 5.88 Å². The predicted molar refractivity (Wildman–Crippen MR) is 114 cm³/mol. The van der Waals surface area contributed by atoms with Gasteiger partial charge in [-0.05, 0) is 43.7 Å². The van der Waals surface area contributed by atoms with Gasteiger partial charge < -0.3 is 24.7 Å². The third kappa shape index (κ3) is 4.64. The normalized spacial score (nSPS) is 15.7. The fourth-order valence-electron chi connectivity index (χ4n) is 3.46. The summed E-state index contributed by atoms with van der Waals surface area (Å²) in [6.45, 7) is 3.78. The molecule has 2 aromatic carbocycles. The Labute approximate surface area is 181 Å². The summed E-state index contributed by atoms with van der Waals surface area (Å²) in [7, 11) is 1.57. The minimum absolute atomic E-state index is 0.0315. The van der Waals surface area contributed by atoms with Crippen LogP contribution in [0.1, 0.15) is 30.9 Å². The molecule has 0 amide bonds. The number of carbonyl (C=O) groups excluding carboxylic acids is 1. The molecule has 0 bridgehead atoms. The summed E-state index contributed by atoms with van der Waals surface area (Å²) in [6.07, 6.45) is 0. The van der Waals surface area contributed by atoms with Crippen LogP contribution in [0.3, 0.4) is 0 Å². The van der Waals surface area contributed by atoms with Crippen molar-refractivity contribution in [3.05, 3.63) is 82.4 Å². The number of allylic oxidation sites excluding steroid dienone is 2. The Hall–Kier alpha value is -3.92. The monoisotopic (exact) mass is 420 g/mol. The molecule has 0 radical (unpaired) electrons. The van der Waals surface area contributed by atoms with Gasteiger partial charge in [0.1, 0.15) is 35.5 Å². The van der Waals surface area contributed by atoms with Gasteiger partial charge in [-0.15, -0.1) is 0 Å². The third-order valence-electron chi connectivity index (χ3n) is 4.88. The summed E-state index contributed by atoms with van der Waals surface area (Å²) >= 11 is 0. The van der Waals surface area contributed by atoms with Gasteiger partial charge in [-0.25, -0.2) is 4.79 Å². The average Bonchev–Trinajstić information content (AvgIpc) is 2.77. The van der Waals surface area contributed by atoms with E-state index in [-0.39, 0.29) is 30.2 Å². The predicted octanol–water partition coefficient (Wildman–Crippen LogP) is 3.92. The SMILES string of the molecule is CCOC(=O)C1=C(C)OC(N)=C(C#N)C1c1ccc(OC)c(COc2ccccc2)c1. The minimum Gasteiger partial charge on any atom is -0.496 e. The fraction of sp³-hybridized carbons (Fsp3) is 0.250. The van der Waals surface area contributed by atoms with Gasteiger partial charge >= 0.3 is 5.97 Å². The van der Waals surface area contributed by atoms with Crippen LogP contribution in [0.5, 0.6) is 11.5 Å². The number of nitrogens with zero attached hydrogens (tertiary/aromatic N) is 1. The summed E-state index contributed by atoms with van der Waals surface area (Å²) in [5, 5.41) is 9.74. The zero-order valence-corrected chi connectivity index (χ0v) is 17.7. The molecule has 1 unspecified atom stereocenters. The maximum Gasteiger partial charge on any atom is 0.338 e. The topological polar surface area (TPSA) is 104 Å². The second kappa shape index (κ2) is 9.72. The molecule has 3 rings (SSSR count). The number of rotatable bonds is 7. The highest BCUT2D eigenvalue weighted by Gasteiger charge is 2.36. The van der Waals surface area contributed by atoms with E-state index in [0.717, 1.165) is 5.56 Å². The summed E-state index contributed by atoms with van der Waals surface area (Å²) in [6, 6.07) is 16.9. The number of nitriles is 1. The molecular formula is C24H24N2O5. The first-order chi connectivity index (χ1) is 15.0. The zero-order valence-electron chi connectivity index (χ0n) is 17.7. The number of para-hydroxylation sites is 1. The van der Waals surface area contributed by atoms with Crippen molar-refractivity contribution >= 4 is 5.97 Å². The molecule has 2 aromatic rings. The average molecular weight is 420 g/mol. The Morgan fingerprint density at radius 3 is 2.61 bits per heavy atom. The Bertz CT molecular complexity index is 1070. The molecule has 2 N–H and O–H groups in total. The van der Waals surface area contributed by atoms with E-state index < -0.39 is 11.9 Å². The Kier molecular flexibility index (Phi) is 6.83. The molecule has 0 saturated carbocycles. The van der Waals surface area contributed by atoms with Gasteiger partial charge in [0.15, 0.2) is 0 Å². The summed E-state index contributed by atoms with van der Waals surface area (Å²) in [4.78, 5) is 12.7. The second-order valence-corrected chi connectivity index (χ2v) is 6.79. The van der Waals surface area contributed by atoms with Crippen molar-refractivity contribution in [2.75, 3.05) is 13.7 Å². The highest BCUT2D eigenvalue weighted by Crippen LogP contribution is 2.40. The number of hydrogen-bond acceptors (Lipinski definition) is 7. The number of benzene rings is 2. The standard InChI is InChI=1S/C24H24N2O5/c1-4-29-24(27)21-15(2)31-23(26)19(13-25)22(21)16-10-11-20(28-3)17(12-16)14-30-18-8-6-5-7-9-18/h5-12,22H,4,14,26H2,1-3H3. The van der Waals surface area contributed by atoms with Gasteiger partial charge in [0.05, 0.1) is 25.2 Å². The van der Waals surface area contributed by atoms with E-state index in [1.54, 1.807) is 33.1 Å². The van der Waals surface area contributed by atoms with Crippen molar-refractivity contribution in [2.45, 2.75) is 26.4 Å². The van der Waals surface area contributed by atoms with E-state index in [0.29, 0.717) is 22.8 Å². The molecule has 1 aliphatic rings. The van der Waals surface area contributed by atoms with Gasteiger partial charge in [0, 0.05) is 5.56 Å². The first-order valence-electron chi connectivity index (χ1n) is 9.80. The summed E-state index contributed by atoms with van der Waals surface area (Å²) in [5.74, 6) is 0.336. The fourth-order valence-corrected chi connectivity index (χ4v) is 3.46. The maximum absolute atomic E-state index is 12.7. The largest absolute Gasteiger partial charge is 0.496 e. The summed E-state index contributed by atoms with van der Waals surface area (Å²) < 4.78 is 22.0. The van der Waals surface area contributed by atoms with Gasteiger partial charge in [-0.1, -0.05) is 24.3 Å². The molecule has 0 fully saturated rings. The first kappa shape index (κ1) is 21.8. The van der Waals surface area contributed by atoms with Crippen LogP contribution >= 0.6 is 0 Å². The molecule has 0 aromatic heterocycles. The van der Waals surface area contributed by atoms with Crippen molar-refractivity contribution in [3.8, 4) is 17.6 Å². The Balaban J connectivity index is 2.04. The molecule has 0 saturated heterocycles. The van der Waals surface area contributed by atoms with Crippen LogP contribution in [0.25, 0.3) is 0 Å². The highest BCUT2D eigenvalue weighted by molar-refractivity contribution is 5.92. The molecule has 31 heavy (non-hydrogen) atoms. The molecule has 1 aliphatic heterocycles. The quantitative estimate of drug-likeness (QED) is 0.677. The molecular weight excluding hydrogens is 396 g/mol. The van der Waals surface area contributed by atoms with Crippen molar-refractivity contribution in [1.82, 2.24) is 0 Å². The van der Waals surface area contributed by atoms with Crippen molar-refractivity contribution in [2.24, 2.45) is 5.73 Å². The van der Waals surface area contributed by atoms with Crippen LogP contribution in [0.2, 0.25) is 0 Å². The number of ether oxygens (including phenoxy) is 4. The minimum atomic E-state index is -0.723. The number of nitrogens with two attached hydrogens (primary N) is 1. The second-order valence-electron chi connectivity index (χ2n) is 6.79. The molecule has 160 valence electrons. The third-order valence-corrected chi connectivity index (χ3v) is 4.88. The number of hydrogen-bond donors (Lipinski definition) is 1. The van der Waals surface area contributed by atoms with E-state index in [1.807, 2.05) is 36.4 Å². The van der Waals surface area contributed by atoms with E-state index in [1.165, 1.54) is 0 Å². The van der Waals surface area contributed by atoms with Crippen molar-refractivity contribution in [3.63, 3.8) is 0 Å². The molecule has 7 heteroatoms. The zero-order chi connectivity index (χ0) is 22.4. The van der Waals surface area contributed by atoms with Gasteiger partial charge in [0.25, 0.3) is 0 Å². The molecule has 7 nitrogen and oxygen atoms in total. The molecule has 1 heterocycles. The van der Waals surface area contributed by atoms with Crippen LogP contribution in [0, 0.1) is 11.3 Å². The van der Waals surface area contributed by atoms with Crippen LogP contribution in [-0.2, 0) is 20.9 Å². The number of methoxy groups -OCH3 is 1. The van der Waals surface area contributed by atoms with Crippen LogP contribution in [0.4, 0.5) is 0 Å². The van der Waals surface area contributed by atoms with E-state index in [9.17, 15) is 10.1 Å². The maximum atomic E-state index is 12.7. The molecule has 0 spiro atoms. The van der Waals surface area contributed by atoms with Gasteiger partial charge in [-0.3, -0.25) is 0 Å². The molecule has 1 atom stereocenters. The van der Waals surface area contributed by atoms with Crippen molar-refractivity contribution < 1.29 is 23.7 Å². The summed E-state index contributed by atoms with van der Waals surface area (Å²) in [5.41, 5.74) is 7.80. The van der Waals surface area contributed by atoms with Crippen LogP contribution < -0.4 is 15.2 Å². The lowest BCUT2D eigenvalue weighted by molar-refractivity contribution is -0.139. The lowest BCUT2D eigenvalue weighted by Gasteiger charge is -2.27. The van der Waals surface area contributed by atoms with Crippen molar-refractivity contribution in [1.29, 1.82) is 5.26 Å². The van der Waals surface area contributed by atoms with Gasteiger partial charge in [-0.2, -0.15) is 5.26 Å². The lowest BCUT2D eigenvalue weighted by Crippen LogP contribution is -2.25. The molecule has 0 aliphatic carbocycles. The van der Waals surface area contributed by atoms with E-state index in [4.69, 9.17) is 24.7 Å². The van der Waals surface area contributed by atoms with Crippen LogP contribution in [0.15, 0.2) is 71.3 Å². The Morgan fingerprint density at radius 1 is 1.23 bits per heavy atom.